The highest BCUT2D eigenvalue weighted by atomic mass is 16.1. The molecule has 0 radical (unpaired) electrons. The van der Waals surface area contributed by atoms with Crippen LogP contribution in [0, 0.1) is 0 Å². The molecule has 1 aromatic rings. The van der Waals surface area contributed by atoms with E-state index in [0.29, 0.717) is 10.7 Å². The van der Waals surface area contributed by atoms with Crippen LogP contribution in [0.15, 0.2) is 23.3 Å². The molecular formula is C7H4N2O. The quantitative estimate of drug-likeness (QED) is 0.455. The SMILES string of the molecule is O=C1C=c2ncccc2=N1. The van der Waals surface area contributed by atoms with Crippen molar-refractivity contribution in [1.82, 2.24) is 4.98 Å². The van der Waals surface area contributed by atoms with E-state index >= 15 is 0 Å². The van der Waals surface area contributed by atoms with Crippen LogP contribution in [-0.4, -0.2) is 10.9 Å². The molecule has 0 saturated carbocycles. The Bertz CT molecular complexity index is 357. The highest BCUT2D eigenvalue weighted by Gasteiger charge is 2.00. The van der Waals surface area contributed by atoms with Crippen LogP contribution in [0.4, 0.5) is 0 Å². The summed E-state index contributed by atoms with van der Waals surface area (Å²) < 4.78 is 0. The highest BCUT2D eigenvalue weighted by Crippen LogP contribution is 1.79. The molecule has 1 amide bonds. The van der Waals surface area contributed by atoms with Crippen molar-refractivity contribution >= 4 is 12.0 Å². The summed E-state index contributed by atoms with van der Waals surface area (Å²) in [5.74, 6) is -0.214. The first-order valence-electron chi connectivity index (χ1n) is 2.92. The van der Waals surface area contributed by atoms with E-state index in [1.807, 2.05) is 0 Å². The topological polar surface area (TPSA) is 42.3 Å². The monoisotopic (exact) mass is 132 g/mol. The number of carbonyl (C=O) groups is 1. The fourth-order valence-electron chi connectivity index (χ4n) is 0.883. The molecule has 0 spiro atoms. The van der Waals surface area contributed by atoms with Crippen molar-refractivity contribution in [3.05, 3.63) is 29.0 Å². The van der Waals surface area contributed by atoms with Gasteiger partial charge in [-0.1, -0.05) is 0 Å². The first-order valence-corrected chi connectivity index (χ1v) is 2.92. The Morgan fingerprint density at radius 1 is 1.40 bits per heavy atom. The van der Waals surface area contributed by atoms with Crippen molar-refractivity contribution in [3.63, 3.8) is 0 Å². The molecule has 48 valence electrons. The molecular weight excluding hydrogens is 128 g/mol. The van der Waals surface area contributed by atoms with Crippen LogP contribution < -0.4 is 10.7 Å². The number of pyridine rings is 1. The second-order valence-corrected chi connectivity index (χ2v) is 2.00. The molecule has 2 heterocycles. The average molecular weight is 132 g/mol. The fraction of sp³-hybridized carbons (Fsp3) is 0. The van der Waals surface area contributed by atoms with Crippen LogP contribution in [0.5, 0.6) is 0 Å². The summed E-state index contributed by atoms with van der Waals surface area (Å²) in [6, 6.07) is 3.53. The highest BCUT2D eigenvalue weighted by molar-refractivity contribution is 6.05. The van der Waals surface area contributed by atoms with Crippen molar-refractivity contribution in [1.29, 1.82) is 0 Å². The Kier molecular flexibility index (Phi) is 0.917. The van der Waals surface area contributed by atoms with Crippen molar-refractivity contribution in [2.45, 2.75) is 0 Å². The van der Waals surface area contributed by atoms with E-state index in [1.165, 1.54) is 6.08 Å². The van der Waals surface area contributed by atoms with Gasteiger partial charge in [0, 0.05) is 12.3 Å². The summed E-state index contributed by atoms with van der Waals surface area (Å²) in [6.07, 6.45) is 3.07. The predicted molar refractivity (Wildman–Crippen MR) is 34.5 cm³/mol. The summed E-state index contributed by atoms with van der Waals surface area (Å²) in [4.78, 5) is 18.3. The van der Waals surface area contributed by atoms with Crippen LogP contribution >= 0.6 is 0 Å². The standard InChI is InChI=1S/C7H4N2O/c10-7-4-6-5(9-7)2-1-3-8-6/h1-4H. The zero-order valence-corrected chi connectivity index (χ0v) is 5.11. The van der Waals surface area contributed by atoms with Crippen LogP contribution in [0.3, 0.4) is 0 Å². The second kappa shape index (κ2) is 1.73. The Hall–Kier alpha value is -1.51. The lowest BCUT2D eigenvalue weighted by Gasteiger charge is -1.76. The lowest BCUT2D eigenvalue weighted by molar-refractivity contribution is -0.112. The van der Waals surface area contributed by atoms with Gasteiger partial charge in [0.2, 0.25) is 0 Å². The lowest BCUT2D eigenvalue weighted by atomic mass is 10.4. The maximum atomic E-state index is 10.6. The van der Waals surface area contributed by atoms with Gasteiger partial charge >= 0.3 is 0 Å². The van der Waals surface area contributed by atoms with Gasteiger partial charge in [-0.3, -0.25) is 9.78 Å². The molecule has 0 aromatic carbocycles. The van der Waals surface area contributed by atoms with E-state index in [9.17, 15) is 4.79 Å². The number of rotatable bonds is 0. The maximum absolute atomic E-state index is 10.6. The van der Waals surface area contributed by atoms with Gasteiger partial charge in [-0.05, 0) is 12.1 Å². The minimum atomic E-state index is -0.214. The van der Waals surface area contributed by atoms with Crippen molar-refractivity contribution in [3.8, 4) is 0 Å². The number of hydrogen-bond donors (Lipinski definition) is 0. The number of carbonyl (C=O) groups excluding carboxylic acids is 1. The van der Waals surface area contributed by atoms with Gasteiger partial charge in [0.15, 0.2) is 0 Å². The number of fused-ring (bicyclic) bond motifs is 1. The molecule has 2 rings (SSSR count). The number of aromatic nitrogens is 1. The maximum Gasteiger partial charge on any atom is 0.272 e. The van der Waals surface area contributed by atoms with Gasteiger partial charge in [-0.25, -0.2) is 4.99 Å². The molecule has 0 N–H and O–H groups in total. The van der Waals surface area contributed by atoms with E-state index in [4.69, 9.17) is 0 Å². The summed E-state index contributed by atoms with van der Waals surface area (Å²) in [5.41, 5.74) is 0. The molecule has 3 heteroatoms. The Labute approximate surface area is 56.7 Å². The molecule has 0 atom stereocenters. The molecule has 0 unspecified atom stereocenters. The molecule has 0 bridgehead atoms. The van der Waals surface area contributed by atoms with E-state index in [0.717, 1.165) is 0 Å². The van der Waals surface area contributed by atoms with Gasteiger partial charge in [0.1, 0.15) is 0 Å². The third-order valence-electron chi connectivity index (χ3n) is 1.31. The fourth-order valence-corrected chi connectivity index (χ4v) is 0.883. The third-order valence-corrected chi connectivity index (χ3v) is 1.31. The zero-order chi connectivity index (χ0) is 6.97. The van der Waals surface area contributed by atoms with Crippen LogP contribution in [-0.2, 0) is 4.79 Å². The largest absolute Gasteiger partial charge is 0.272 e. The molecule has 3 nitrogen and oxygen atoms in total. The Morgan fingerprint density at radius 2 is 2.30 bits per heavy atom. The van der Waals surface area contributed by atoms with Gasteiger partial charge in [-0.2, -0.15) is 0 Å². The molecule has 0 fully saturated rings. The summed E-state index contributed by atoms with van der Waals surface area (Å²) >= 11 is 0. The first kappa shape index (κ1) is 5.29. The predicted octanol–water partition coefficient (Wildman–Crippen LogP) is -0.978. The van der Waals surface area contributed by atoms with E-state index < -0.39 is 0 Å². The first-order chi connectivity index (χ1) is 4.86. The number of amides is 1. The van der Waals surface area contributed by atoms with Gasteiger partial charge in [0.05, 0.1) is 10.7 Å². The minimum absolute atomic E-state index is 0.214. The van der Waals surface area contributed by atoms with Crippen LogP contribution in [0.25, 0.3) is 6.08 Å². The van der Waals surface area contributed by atoms with Crippen molar-refractivity contribution < 1.29 is 4.79 Å². The van der Waals surface area contributed by atoms with E-state index in [1.54, 1.807) is 18.3 Å². The Balaban J connectivity index is 2.96. The smallest absolute Gasteiger partial charge is 0.267 e. The number of nitrogens with zero attached hydrogens (tertiary/aromatic N) is 2. The molecule has 0 saturated heterocycles. The summed E-state index contributed by atoms with van der Waals surface area (Å²) in [5, 5.41) is 1.35. The zero-order valence-electron chi connectivity index (χ0n) is 5.11. The van der Waals surface area contributed by atoms with E-state index in [2.05, 4.69) is 9.98 Å². The third kappa shape index (κ3) is 0.639. The summed E-state index contributed by atoms with van der Waals surface area (Å²) in [6.45, 7) is 0. The van der Waals surface area contributed by atoms with Gasteiger partial charge in [0.25, 0.3) is 5.91 Å². The Morgan fingerprint density at radius 3 is 3.10 bits per heavy atom. The van der Waals surface area contributed by atoms with Crippen LogP contribution in [0.1, 0.15) is 0 Å². The molecule has 1 aliphatic rings. The van der Waals surface area contributed by atoms with Gasteiger partial charge < -0.3 is 0 Å². The van der Waals surface area contributed by atoms with E-state index in [-0.39, 0.29) is 5.91 Å². The molecule has 1 aromatic heterocycles. The molecule has 0 aliphatic carbocycles. The number of hydrogen-bond acceptors (Lipinski definition) is 2. The van der Waals surface area contributed by atoms with Crippen molar-refractivity contribution in [2.24, 2.45) is 4.99 Å². The second-order valence-electron chi connectivity index (χ2n) is 2.00. The minimum Gasteiger partial charge on any atom is -0.267 e. The van der Waals surface area contributed by atoms with Crippen molar-refractivity contribution in [2.75, 3.05) is 0 Å². The van der Waals surface area contributed by atoms with Crippen LogP contribution in [0.2, 0.25) is 0 Å². The van der Waals surface area contributed by atoms with Gasteiger partial charge in [-0.15, -0.1) is 0 Å². The lowest BCUT2D eigenvalue weighted by Crippen LogP contribution is -2.23. The summed E-state index contributed by atoms with van der Waals surface area (Å²) in [7, 11) is 0. The molecule has 1 aliphatic heterocycles. The molecule has 10 heavy (non-hydrogen) atoms. The average Bonchev–Trinajstić information content (AvgIpc) is 2.27. The normalized spacial score (nSPS) is 13.8.